The Balaban J connectivity index is 1.66. The van der Waals surface area contributed by atoms with Crippen LogP contribution in [0.15, 0.2) is 72.8 Å². The molecule has 172 valence electrons. The molecule has 0 radical (unpaired) electrons. The Morgan fingerprint density at radius 3 is 2.52 bits per heavy atom. The second-order valence-corrected chi connectivity index (χ2v) is 8.54. The van der Waals surface area contributed by atoms with Crippen molar-refractivity contribution in [1.29, 1.82) is 0 Å². The van der Waals surface area contributed by atoms with Gasteiger partial charge in [-0.15, -0.1) is 0 Å². The molecular formula is C27H30N2O4. The largest absolute Gasteiger partial charge is 0.468 e. The molecule has 1 amide bonds. The van der Waals surface area contributed by atoms with Crippen molar-refractivity contribution in [2.24, 2.45) is 0 Å². The molecule has 33 heavy (non-hydrogen) atoms. The van der Waals surface area contributed by atoms with Gasteiger partial charge in [0.25, 0.3) is 0 Å². The van der Waals surface area contributed by atoms with Gasteiger partial charge in [0.1, 0.15) is 6.54 Å². The molecule has 1 aliphatic heterocycles. The quantitative estimate of drug-likeness (QED) is 0.538. The highest BCUT2D eigenvalue weighted by Gasteiger charge is 2.31. The lowest BCUT2D eigenvalue weighted by Crippen LogP contribution is -2.44. The van der Waals surface area contributed by atoms with Crippen LogP contribution in [0.3, 0.4) is 0 Å². The lowest BCUT2D eigenvalue weighted by atomic mass is 10.00. The number of rotatable bonds is 8. The van der Waals surface area contributed by atoms with E-state index in [1.54, 1.807) is 4.90 Å². The summed E-state index contributed by atoms with van der Waals surface area (Å²) < 4.78 is 4.94. The van der Waals surface area contributed by atoms with E-state index in [0.717, 1.165) is 28.4 Å². The number of fused-ring (bicyclic) bond motifs is 1. The number of benzene rings is 3. The van der Waals surface area contributed by atoms with E-state index < -0.39 is 5.97 Å². The number of esters is 1. The van der Waals surface area contributed by atoms with E-state index >= 15 is 0 Å². The first-order valence-corrected chi connectivity index (χ1v) is 11.3. The average Bonchev–Trinajstić information content (AvgIpc) is 3.26. The first-order chi connectivity index (χ1) is 16.0. The van der Waals surface area contributed by atoms with E-state index in [1.807, 2.05) is 72.8 Å². The third-order valence-corrected chi connectivity index (χ3v) is 6.31. The Labute approximate surface area is 194 Å². The van der Waals surface area contributed by atoms with Gasteiger partial charge in [0.2, 0.25) is 5.91 Å². The molecule has 0 spiro atoms. The van der Waals surface area contributed by atoms with Crippen LogP contribution in [0.2, 0.25) is 0 Å². The molecule has 6 heteroatoms. The summed E-state index contributed by atoms with van der Waals surface area (Å²) in [5, 5.41) is 12.1. The van der Waals surface area contributed by atoms with Crippen molar-refractivity contribution in [3.05, 3.63) is 83.9 Å². The SMILES string of the molecule is COC(=O)CN(C(=O)Cc1cccc2ccccc12)[C@H](CN1CC[C@H](O)C1)c1ccccc1. The summed E-state index contributed by atoms with van der Waals surface area (Å²) in [7, 11) is 1.34. The molecule has 0 aromatic heterocycles. The van der Waals surface area contributed by atoms with Crippen LogP contribution in [0.1, 0.15) is 23.6 Å². The summed E-state index contributed by atoms with van der Waals surface area (Å²) in [6.45, 7) is 1.73. The van der Waals surface area contributed by atoms with E-state index in [9.17, 15) is 14.7 Å². The third kappa shape index (κ3) is 5.59. The van der Waals surface area contributed by atoms with E-state index in [-0.39, 0.29) is 31.0 Å². The van der Waals surface area contributed by atoms with Gasteiger partial charge >= 0.3 is 5.97 Å². The van der Waals surface area contributed by atoms with Crippen molar-refractivity contribution < 1.29 is 19.4 Å². The number of nitrogens with zero attached hydrogens (tertiary/aromatic N) is 2. The number of likely N-dealkylation sites (tertiary alicyclic amines) is 1. The van der Waals surface area contributed by atoms with E-state index in [4.69, 9.17) is 4.74 Å². The highest BCUT2D eigenvalue weighted by Crippen LogP contribution is 2.26. The van der Waals surface area contributed by atoms with Crippen molar-refractivity contribution >= 4 is 22.6 Å². The minimum Gasteiger partial charge on any atom is -0.468 e. The number of hydrogen-bond donors (Lipinski definition) is 1. The van der Waals surface area contributed by atoms with Crippen LogP contribution in [0.5, 0.6) is 0 Å². The van der Waals surface area contributed by atoms with Gasteiger partial charge in [0, 0.05) is 19.6 Å². The molecule has 6 nitrogen and oxygen atoms in total. The maximum atomic E-state index is 13.7. The molecule has 0 saturated carbocycles. The maximum Gasteiger partial charge on any atom is 0.325 e. The Kier molecular flexibility index (Phi) is 7.37. The standard InChI is InChI=1S/C27H30N2O4/c1-33-27(32)19-29(26(31)16-22-12-7-11-20-8-5-6-13-24(20)22)25(21-9-3-2-4-10-21)18-28-15-14-23(30)17-28/h2-13,23,25,30H,14-19H2,1H3/t23-,25+/m0/s1. The Morgan fingerprint density at radius 2 is 1.79 bits per heavy atom. The fourth-order valence-corrected chi connectivity index (χ4v) is 4.57. The lowest BCUT2D eigenvalue weighted by Gasteiger charge is -2.34. The number of carbonyl (C=O) groups is 2. The summed E-state index contributed by atoms with van der Waals surface area (Å²) in [6.07, 6.45) is 0.536. The molecular weight excluding hydrogens is 416 g/mol. The zero-order valence-corrected chi connectivity index (χ0v) is 18.9. The number of ether oxygens (including phenoxy) is 1. The van der Waals surface area contributed by atoms with Gasteiger partial charge in [0.05, 0.1) is 25.7 Å². The van der Waals surface area contributed by atoms with E-state index in [1.165, 1.54) is 7.11 Å². The van der Waals surface area contributed by atoms with Crippen molar-refractivity contribution in [2.45, 2.75) is 25.0 Å². The number of aliphatic hydroxyl groups excluding tert-OH is 1. The molecule has 1 heterocycles. The topological polar surface area (TPSA) is 70.1 Å². The van der Waals surface area contributed by atoms with Gasteiger partial charge in [-0.1, -0.05) is 72.8 Å². The number of aliphatic hydroxyl groups is 1. The Hall–Kier alpha value is -3.22. The molecule has 0 unspecified atom stereocenters. The predicted octanol–water partition coefficient (Wildman–Crippen LogP) is 3.19. The number of hydrogen-bond acceptors (Lipinski definition) is 5. The maximum absolute atomic E-state index is 13.7. The van der Waals surface area contributed by atoms with Crippen LogP contribution in [0.4, 0.5) is 0 Å². The van der Waals surface area contributed by atoms with Crippen LogP contribution in [0.25, 0.3) is 10.8 Å². The molecule has 0 bridgehead atoms. The van der Waals surface area contributed by atoms with Crippen LogP contribution >= 0.6 is 0 Å². The van der Waals surface area contributed by atoms with Gasteiger partial charge in [-0.3, -0.25) is 14.5 Å². The first kappa shape index (κ1) is 23.0. The molecule has 1 N–H and O–H groups in total. The molecule has 1 aliphatic rings. The lowest BCUT2D eigenvalue weighted by molar-refractivity contribution is -0.148. The number of β-amino-alcohol motifs (C(OH)–C–C–N with tert-alkyl or cyclic N) is 1. The monoisotopic (exact) mass is 446 g/mol. The van der Waals surface area contributed by atoms with Crippen LogP contribution in [-0.2, 0) is 20.7 Å². The Morgan fingerprint density at radius 1 is 1.06 bits per heavy atom. The normalized spacial score (nSPS) is 17.1. The zero-order chi connectivity index (χ0) is 23.2. The average molecular weight is 447 g/mol. The van der Waals surface area contributed by atoms with Crippen LogP contribution in [0, 0.1) is 0 Å². The third-order valence-electron chi connectivity index (χ3n) is 6.31. The van der Waals surface area contributed by atoms with Crippen LogP contribution in [-0.4, -0.2) is 66.2 Å². The van der Waals surface area contributed by atoms with E-state index in [2.05, 4.69) is 4.90 Å². The number of carbonyl (C=O) groups excluding carboxylic acids is 2. The fraction of sp³-hybridized carbons (Fsp3) is 0.333. The molecule has 4 rings (SSSR count). The van der Waals surface area contributed by atoms with Gasteiger partial charge in [-0.05, 0) is 28.3 Å². The summed E-state index contributed by atoms with van der Waals surface area (Å²) in [4.78, 5) is 29.8. The van der Waals surface area contributed by atoms with Gasteiger partial charge < -0.3 is 14.7 Å². The highest BCUT2D eigenvalue weighted by molar-refractivity contribution is 5.91. The minimum absolute atomic E-state index is 0.129. The second kappa shape index (κ2) is 10.6. The summed E-state index contributed by atoms with van der Waals surface area (Å²) in [5.74, 6) is -0.589. The summed E-state index contributed by atoms with van der Waals surface area (Å²) in [5.41, 5.74) is 1.88. The molecule has 1 saturated heterocycles. The van der Waals surface area contributed by atoms with E-state index in [0.29, 0.717) is 19.5 Å². The van der Waals surface area contributed by atoms with Crippen LogP contribution < -0.4 is 0 Å². The minimum atomic E-state index is -0.455. The van der Waals surface area contributed by atoms with Crippen molar-refractivity contribution in [1.82, 2.24) is 9.80 Å². The van der Waals surface area contributed by atoms with Crippen molar-refractivity contribution in [3.63, 3.8) is 0 Å². The van der Waals surface area contributed by atoms with Gasteiger partial charge in [-0.25, -0.2) is 0 Å². The molecule has 3 aromatic carbocycles. The predicted molar refractivity (Wildman–Crippen MR) is 128 cm³/mol. The molecule has 1 fully saturated rings. The molecule has 2 atom stereocenters. The zero-order valence-electron chi connectivity index (χ0n) is 18.9. The van der Waals surface area contributed by atoms with Crippen molar-refractivity contribution in [3.8, 4) is 0 Å². The number of methoxy groups -OCH3 is 1. The highest BCUT2D eigenvalue weighted by atomic mass is 16.5. The fourth-order valence-electron chi connectivity index (χ4n) is 4.57. The Bertz CT molecular complexity index is 1100. The molecule has 0 aliphatic carbocycles. The summed E-state index contributed by atoms with van der Waals surface area (Å²) >= 11 is 0. The number of amides is 1. The van der Waals surface area contributed by atoms with Gasteiger partial charge in [-0.2, -0.15) is 0 Å². The smallest absolute Gasteiger partial charge is 0.325 e. The summed E-state index contributed by atoms with van der Waals surface area (Å²) in [6, 6.07) is 23.4. The second-order valence-electron chi connectivity index (χ2n) is 8.54. The first-order valence-electron chi connectivity index (χ1n) is 11.3. The van der Waals surface area contributed by atoms with Gasteiger partial charge in [0.15, 0.2) is 0 Å². The molecule has 3 aromatic rings. The van der Waals surface area contributed by atoms with Crippen molar-refractivity contribution in [2.75, 3.05) is 33.3 Å².